The predicted octanol–water partition coefficient (Wildman–Crippen LogP) is 1.68. The number of terminal acetylenes is 1. The van der Waals surface area contributed by atoms with Crippen LogP contribution in [0.1, 0.15) is 20.3 Å². The molecule has 1 atom stereocenters. The minimum Gasteiger partial charge on any atom is -0.481 e. The molecule has 0 aromatic heterocycles. The van der Waals surface area contributed by atoms with Crippen LogP contribution in [0.2, 0.25) is 0 Å². The maximum atomic E-state index is 10.6. The molecule has 0 aliphatic heterocycles. The highest BCUT2D eigenvalue weighted by molar-refractivity contribution is 5.73. The summed E-state index contributed by atoms with van der Waals surface area (Å²) in [7, 11) is 0. The van der Waals surface area contributed by atoms with E-state index in [1.165, 1.54) is 0 Å². The molecule has 60 valence electrons. The zero-order valence-electron chi connectivity index (χ0n) is 6.79. The second-order valence-electron chi connectivity index (χ2n) is 2.33. The summed E-state index contributed by atoms with van der Waals surface area (Å²) < 4.78 is 0. The first-order valence-electron chi connectivity index (χ1n) is 3.42. The molecular formula is C9H12O2. The van der Waals surface area contributed by atoms with E-state index in [-0.39, 0.29) is 6.42 Å². The monoisotopic (exact) mass is 152 g/mol. The van der Waals surface area contributed by atoms with Gasteiger partial charge in [0, 0.05) is 6.42 Å². The van der Waals surface area contributed by atoms with Gasteiger partial charge in [-0.15, -0.1) is 12.3 Å². The third-order valence-electron chi connectivity index (χ3n) is 1.63. The lowest BCUT2D eigenvalue weighted by molar-refractivity contribution is -0.140. The molecule has 0 saturated heterocycles. The zero-order valence-corrected chi connectivity index (χ0v) is 6.79. The lowest BCUT2D eigenvalue weighted by Gasteiger charge is -2.07. The molecule has 11 heavy (non-hydrogen) atoms. The topological polar surface area (TPSA) is 37.3 Å². The van der Waals surface area contributed by atoms with Gasteiger partial charge in [0.2, 0.25) is 0 Å². The van der Waals surface area contributed by atoms with Gasteiger partial charge in [-0.3, -0.25) is 4.79 Å². The quantitative estimate of drug-likeness (QED) is 0.493. The summed E-state index contributed by atoms with van der Waals surface area (Å²) in [4.78, 5) is 10.6. The van der Waals surface area contributed by atoms with Crippen molar-refractivity contribution < 1.29 is 9.90 Å². The van der Waals surface area contributed by atoms with Crippen LogP contribution in [0.15, 0.2) is 11.6 Å². The highest BCUT2D eigenvalue weighted by Gasteiger charge is 2.16. The van der Waals surface area contributed by atoms with Crippen molar-refractivity contribution >= 4 is 5.97 Å². The van der Waals surface area contributed by atoms with Crippen molar-refractivity contribution in [3.05, 3.63) is 11.6 Å². The lowest BCUT2D eigenvalue weighted by atomic mass is 9.97. The van der Waals surface area contributed by atoms with Crippen LogP contribution in [0.5, 0.6) is 0 Å². The Morgan fingerprint density at radius 1 is 1.82 bits per heavy atom. The number of hydrogen-bond donors (Lipinski definition) is 1. The van der Waals surface area contributed by atoms with Gasteiger partial charge < -0.3 is 5.11 Å². The molecule has 0 amide bonds. The van der Waals surface area contributed by atoms with E-state index in [4.69, 9.17) is 11.5 Å². The summed E-state index contributed by atoms with van der Waals surface area (Å²) in [5, 5.41) is 8.67. The molecule has 2 nitrogen and oxygen atoms in total. The Morgan fingerprint density at radius 2 is 2.36 bits per heavy atom. The minimum absolute atomic E-state index is 0.269. The Bertz CT molecular complexity index is 208. The summed E-state index contributed by atoms with van der Waals surface area (Å²) in [6.07, 6.45) is 7.06. The number of carbonyl (C=O) groups is 1. The Labute approximate surface area is 66.9 Å². The smallest absolute Gasteiger partial charge is 0.311 e. The van der Waals surface area contributed by atoms with Crippen molar-refractivity contribution in [2.75, 3.05) is 0 Å². The van der Waals surface area contributed by atoms with E-state index in [2.05, 4.69) is 5.92 Å². The average Bonchev–Trinajstić information content (AvgIpc) is 1.98. The third kappa shape index (κ3) is 2.90. The number of aliphatic carboxylic acids is 1. The van der Waals surface area contributed by atoms with Crippen molar-refractivity contribution in [1.82, 2.24) is 0 Å². The summed E-state index contributed by atoms with van der Waals surface area (Å²) in [6.45, 7) is 3.58. The summed E-state index contributed by atoms with van der Waals surface area (Å²) in [6, 6.07) is 0. The van der Waals surface area contributed by atoms with Crippen LogP contribution in [0.4, 0.5) is 0 Å². The maximum Gasteiger partial charge on any atom is 0.311 e. The van der Waals surface area contributed by atoms with Crippen molar-refractivity contribution in [2.24, 2.45) is 5.92 Å². The van der Waals surface area contributed by atoms with E-state index in [0.29, 0.717) is 0 Å². The van der Waals surface area contributed by atoms with Gasteiger partial charge in [0.15, 0.2) is 0 Å². The Morgan fingerprint density at radius 3 is 2.64 bits per heavy atom. The molecule has 0 fully saturated rings. The van der Waals surface area contributed by atoms with E-state index >= 15 is 0 Å². The first-order valence-corrected chi connectivity index (χ1v) is 3.42. The SMILES string of the molecule is C#CCC(C(=O)O)C(C)=CC. The van der Waals surface area contributed by atoms with Gasteiger partial charge >= 0.3 is 5.97 Å². The van der Waals surface area contributed by atoms with Gasteiger partial charge in [-0.2, -0.15) is 0 Å². The molecule has 0 aromatic rings. The second kappa shape index (κ2) is 4.56. The molecule has 1 unspecified atom stereocenters. The predicted molar refractivity (Wildman–Crippen MR) is 44.0 cm³/mol. The number of hydrogen-bond acceptors (Lipinski definition) is 1. The van der Waals surface area contributed by atoms with E-state index in [1.54, 1.807) is 13.0 Å². The average molecular weight is 152 g/mol. The fourth-order valence-corrected chi connectivity index (χ4v) is 0.762. The fraction of sp³-hybridized carbons (Fsp3) is 0.444. The Kier molecular flexibility index (Phi) is 4.05. The molecule has 0 heterocycles. The van der Waals surface area contributed by atoms with Crippen molar-refractivity contribution in [1.29, 1.82) is 0 Å². The van der Waals surface area contributed by atoms with Gasteiger partial charge in [0.25, 0.3) is 0 Å². The molecule has 0 aliphatic carbocycles. The Hall–Kier alpha value is -1.23. The molecular weight excluding hydrogens is 140 g/mol. The van der Waals surface area contributed by atoms with Gasteiger partial charge in [0.05, 0.1) is 5.92 Å². The van der Waals surface area contributed by atoms with Crippen LogP contribution in [0, 0.1) is 18.3 Å². The van der Waals surface area contributed by atoms with Gasteiger partial charge in [-0.25, -0.2) is 0 Å². The lowest BCUT2D eigenvalue weighted by Crippen LogP contribution is -2.13. The number of carboxylic acid groups (broad SMARTS) is 1. The maximum absolute atomic E-state index is 10.6. The van der Waals surface area contributed by atoms with Crippen molar-refractivity contribution in [3.8, 4) is 12.3 Å². The van der Waals surface area contributed by atoms with E-state index in [1.807, 2.05) is 6.92 Å². The first kappa shape index (κ1) is 9.77. The van der Waals surface area contributed by atoms with Gasteiger partial charge in [-0.1, -0.05) is 11.6 Å². The van der Waals surface area contributed by atoms with E-state index < -0.39 is 11.9 Å². The van der Waals surface area contributed by atoms with Crippen molar-refractivity contribution in [3.63, 3.8) is 0 Å². The minimum atomic E-state index is -0.849. The second-order valence-corrected chi connectivity index (χ2v) is 2.33. The van der Waals surface area contributed by atoms with Gasteiger partial charge in [0.1, 0.15) is 0 Å². The van der Waals surface area contributed by atoms with Gasteiger partial charge in [-0.05, 0) is 13.8 Å². The highest BCUT2D eigenvalue weighted by Crippen LogP contribution is 2.13. The van der Waals surface area contributed by atoms with Crippen LogP contribution >= 0.6 is 0 Å². The molecule has 0 rings (SSSR count). The van der Waals surface area contributed by atoms with Crippen molar-refractivity contribution in [2.45, 2.75) is 20.3 Å². The summed E-state index contributed by atoms with van der Waals surface area (Å²) in [5.74, 6) is 0.985. The molecule has 0 spiro atoms. The number of carboxylic acids is 1. The van der Waals surface area contributed by atoms with Crippen LogP contribution < -0.4 is 0 Å². The number of rotatable bonds is 3. The molecule has 0 bridgehead atoms. The Balaban J connectivity index is 4.37. The molecule has 2 heteroatoms. The van der Waals surface area contributed by atoms with Crippen LogP contribution in [-0.2, 0) is 4.79 Å². The highest BCUT2D eigenvalue weighted by atomic mass is 16.4. The van der Waals surface area contributed by atoms with Crippen LogP contribution in [-0.4, -0.2) is 11.1 Å². The van der Waals surface area contributed by atoms with E-state index in [9.17, 15) is 4.79 Å². The number of allylic oxidation sites excluding steroid dienone is 1. The molecule has 0 saturated carbocycles. The molecule has 0 aromatic carbocycles. The summed E-state index contributed by atoms with van der Waals surface area (Å²) >= 11 is 0. The molecule has 0 aliphatic rings. The molecule has 0 radical (unpaired) electrons. The first-order chi connectivity index (χ1) is 5.13. The molecule has 1 N–H and O–H groups in total. The third-order valence-corrected chi connectivity index (χ3v) is 1.63. The normalized spacial score (nSPS) is 13.7. The van der Waals surface area contributed by atoms with Crippen LogP contribution in [0.25, 0.3) is 0 Å². The zero-order chi connectivity index (χ0) is 8.85. The standard InChI is InChI=1S/C9H12O2/c1-4-6-8(9(10)11)7(3)5-2/h1,5,8H,6H2,2-3H3,(H,10,11). The van der Waals surface area contributed by atoms with E-state index in [0.717, 1.165) is 5.57 Å². The largest absolute Gasteiger partial charge is 0.481 e. The fourth-order valence-electron chi connectivity index (χ4n) is 0.762. The summed E-state index contributed by atoms with van der Waals surface area (Å²) in [5.41, 5.74) is 0.815. The van der Waals surface area contributed by atoms with Crippen LogP contribution in [0.3, 0.4) is 0 Å².